The third-order valence-electron chi connectivity index (χ3n) is 2.25. The van der Waals surface area contributed by atoms with Crippen molar-refractivity contribution in [2.24, 2.45) is 7.05 Å². The number of anilines is 1. The SMILES string of the molecule is Cn1nccc1CNC(=O)c1sccc1N. The maximum absolute atomic E-state index is 11.7. The minimum atomic E-state index is -0.145. The van der Waals surface area contributed by atoms with E-state index in [-0.39, 0.29) is 5.91 Å². The van der Waals surface area contributed by atoms with Gasteiger partial charge in [0, 0.05) is 13.2 Å². The summed E-state index contributed by atoms with van der Waals surface area (Å²) >= 11 is 1.34. The molecule has 2 aromatic heterocycles. The van der Waals surface area contributed by atoms with Gasteiger partial charge in [0.05, 0.1) is 17.9 Å². The van der Waals surface area contributed by atoms with Gasteiger partial charge in [0.25, 0.3) is 5.91 Å². The van der Waals surface area contributed by atoms with Gasteiger partial charge in [-0.15, -0.1) is 11.3 Å². The number of nitrogens with one attached hydrogen (secondary N) is 1. The van der Waals surface area contributed by atoms with E-state index < -0.39 is 0 Å². The second-order valence-corrected chi connectivity index (χ2v) is 4.25. The average molecular weight is 236 g/mol. The van der Waals surface area contributed by atoms with Crippen molar-refractivity contribution in [3.05, 3.63) is 34.3 Å². The summed E-state index contributed by atoms with van der Waals surface area (Å²) in [7, 11) is 1.83. The van der Waals surface area contributed by atoms with Gasteiger partial charge in [-0.05, 0) is 17.5 Å². The van der Waals surface area contributed by atoms with Crippen LogP contribution in [0.5, 0.6) is 0 Å². The quantitative estimate of drug-likeness (QED) is 0.834. The van der Waals surface area contributed by atoms with Gasteiger partial charge in [0.1, 0.15) is 4.88 Å². The molecule has 6 heteroatoms. The van der Waals surface area contributed by atoms with Crippen LogP contribution in [-0.4, -0.2) is 15.7 Å². The van der Waals surface area contributed by atoms with Crippen molar-refractivity contribution in [2.75, 3.05) is 5.73 Å². The second-order valence-electron chi connectivity index (χ2n) is 3.33. The van der Waals surface area contributed by atoms with E-state index in [1.165, 1.54) is 11.3 Å². The van der Waals surface area contributed by atoms with Gasteiger partial charge in [-0.2, -0.15) is 5.10 Å². The first-order valence-corrected chi connectivity index (χ1v) is 5.64. The van der Waals surface area contributed by atoms with E-state index in [9.17, 15) is 4.79 Å². The second kappa shape index (κ2) is 4.36. The Morgan fingerprint density at radius 1 is 1.62 bits per heavy atom. The van der Waals surface area contributed by atoms with Crippen LogP contribution < -0.4 is 11.1 Å². The van der Waals surface area contributed by atoms with Crippen molar-refractivity contribution >= 4 is 22.9 Å². The molecule has 2 aromatic rings. The summed E-state index contributed by atoms with van der Waals surface area (Å²) in [6.45, 7) is 0.451. The zero-order chi connectivity index (χ0) is 11.5. The number of carbonyl (C=O) groups excluding carboxylic acids is 1. The molecule has 0 fully saturated rings. The largest absolute Gasteiger partial charge is 0.397 e. The molecule has 0 aromatic carbocycles. The molecule has 0 aliphatic rings. The number of aromatic nitrogens is 2. The number of thiophene rings is 1. The molecule has 0 spiro atoms. The van der Waals surface area contributed by atoms with E-state index in [1.54, 1.807) is 22.3 Å². The fraction of sp³-hybridized carbons (Fsp3) is 0.200. The van der Waals surface area contributed by atoms with Crippen LogP contribution in [0.1, 0.15) is 15.4 Å². The summed E-state index contributed by atoms with van der Waals surface area (Å²) in [6.07, 6.45) is 1.70. The van der Waals surface area contributed by atoms with E-state index in [0.29, 0.717) is 17.1 Å². The topological polar surface area (TPSA) is 72.9 Å². The van der Waals surface area contributed by atoms with E-state index >= 15 is 0 Å². The molecular weight excluding hydrogens is 224 g/mol. The number of hydrogen-bond donors (Lipinski definition) is 2. The Balaban J connectivity index is 1.99. The summed E-state index contributed by atoms with van der Waals surface area (Å²) in [5.41, 5.74) is 7.12. The Morgan fingerprint density at radius 3 is 3.00 bits per heavy atom. The van der Waals surface area contributed by atoms with Crippen LogP contribution in [0.3, 0.4) is 0 Å². The Morgan fingerprint density at radius 2 is 2.44 bits per heavy atom. The smallest absolute Gasteiger partial charge is 0.263 e. The number of amides is 1. The van der Waals surface area contributed by atoms with Crippen LogP contribution >= 0.6 is 11.3 Å². The van der Waals surface area contributed by atoms with Crippen LogP contribution in [0.25, 0.3) is 0 Å². The summed E-state index contributed by atoms with van der Waals surface area (Å²) < 4.78 is 1.72. The lowest BCUT2D eigenvalue weighted by Crippen LogP contribution is -2.23. The molecule has 0 radical (unpaired) electrons. The van der Waals surface area contributed by atoms with Gasteiger partial charge < -0.3 is 11.1 Å². The molecule has 5 nitrogen and oxygen atoms in total. The highest BCUT2D eigenvalue weighted by molar-refractivity contribution is 7.12. The molecule has 2 heterocycles. The minimum absolute atomic E-state index is 0.145. The predicted octanol–water partition coefficient (Wildman–Crippen LogP) is 0.994. The first kappa shape index (κ1) is 10.7. The molecule has 2 rings (SSSR count). The molecule has 0 aliphatic heterocycles. The van der Waals surface area contributed by atoms with E-state index in [2.05, 4.69) is 10.4 Å². The zero-order valence-corrected chi connectivity index (χ0v) is 9.62. The van der Waals surface area contributed by atoms with Gasteiger partial charge in [0.2, 0.25) is 0 Å². The van der Waals surface area contributed by atoms with Crippen molar-refractivity contribution in [3.8, 4) is 0 Å². The first-order chi connectivity index (χ1) is 7.68. The molecule has 0 unspecified atom stereocenters. The van der Waals surface area contributed by atoms with Gasteiger partial charge in [-0.1, -0.05) is 0 Å². The normalized spacial score (nSPS) is 10.3. The van der Waals surface area contributed by atoms with E-state index in [0.717, 1.165) is 5.69 Å². The third kappa shape index (κ3) is 2.06. The Hall–Kier alpha value is -1.82. The molecule has 0 atom stereocenters. The van der Waals surface area contributed by atoms with Crippen LogP contribution in [0.4, 0.5) is 5.69 Å². The van der Waals surface area contributed by atoms with Gasteiger partial charge in [-0.3, -0.25) is 9.48 Å². The first-order valence-electron chi connectivity index (χ1n) is 4.76. The van der Waals surface area contributed by atoms with Crippen molar-refractivity contribution in [1.29, 1.82) is 0 Å². The lowest BCUT2D eigenvalue weighted by Gasteiger charge is -2.04. The number of nitrogens with two attached hydrogens (primary N) is 1. The number of aryl methyl sites for hydroxylation is 1. The Labute approximate surface area is 96.9 Å². The highest BCUT2D eigenvalue weighted by atomic mass is 32.1. The van der Waals surface area contributed by atoms with Crippen LogP contribution in [0, 0.1) is 0 Å². The molecule has 3 N–H and O–H groups in total. The molecule has 0 aliphatic carbocycles. The monoisotopic (exact) mass is 236 g/mol. The standard InChI is InChI=1S/C10H12N4OS/c1-14-7(2-4-13-14)6-12-10(15)9-8(11)3-5-16-9/h2-5H,6,11H2,1H3,(H,12,15). The summed E-state index contributed by atoms with van der Waals surface area (Å²) in [4.78, 5) is 12.3. The minimum Gasteiger partial charge on any atom is -0.397 e. The van der Waals surface area contributed by atoms with Crippen molar-refractivity contribution in [1.82, 2.24) is 15.1 Å². The third-order valence-corrected chi connectivity index (χ3v) is 3.18. The number of hydrogen-bond acceptors (Lipinski definition) is 4. The molecular formula is C10H12N4OS. The summed E-state index contributed by atoms with van der Waals surface area (Å²) in [5, 5.41) is 8.62. The van der Waals surface area contributed by atoms with Crippen LogP contribution in [0.2, 0.25) is 0 Å². The van der Waals surface area contributed by atoms with E-state index in [1.807, 2.05) is 13.1 Å². The molecule has 16 heavy (non-hydrogen) atoms. The number of carbonyl (C=O) groups is 1. The van der Waals surface area contributed by atoms with Gasteiger partial charge in [0.15, 0.2) is 0 Å². The Kier molecular flexibility index (Phi) is 2.91. The van der Waals surface area contributed by atoms with Crippen LogP contribution in [-0.2, 0) is 13.6 Å². The highest BCUT2D eigenvalue weighted by Gasteiger charge is 2.11. The zero-order valence-electron chi connectivity index (χ0n) is 8.80. The molecule has 84 valence electrons. The van der Waals surface area contributed by atoms with Gasteiger partial charge >= 0.3 is 0 Å². The summed E-state index contributed by atoms with van der Waals surface area (Å²) in [5.74, 6) is -0.145. The lowest BCUT2D eigenvalue weighted by atomic mass is 10.3. The number of nitrogens with zero attached hydrogens (tertiary/aromatic N) is 2. The Bertz CT molecular complexity index is 502. The maximum atomic E-state index is 11.7. The fourth-order valence-electron chi connectivity index (χ4n) is 1.33. The number of rotatable bonds is 3. The maximum Gasteiger partial charge on any atom is 0.263 e. The summed E-state index contributed by atoms with van der Waals surface area (Å²) in [6, 6.07) is 3.59. The molecule has 0 bridgehead atoms. The lowest BCUT2D eigenvalue weighted by molar-refractivity contribution is 0.0955. The number of nitrogen functional groups attached to an aromatic ring is 1. The van der Waals surface area contributed by atoms with E-state index in [4.69, 9.17) is 5.73 Å². The fourth-order valence-corrected chi connectivity index (χ4v) is 2.06. The van der Waals surface area contributed by atoms with Crippen molar-refractivity contribution < 1.29 is 4.79 Å². The average Bonchev–Trinajstić information content (AvgIpc) is 2.84. The van der Waals surface area contributed by atoms with Crippen molar-refractivity contribution in [3.63, 3.8) is 0 Å². The van der Waals surface area contributed by atoms with Crippen molar-refractivity contribution in [2.45, 2.75) is 6.54 Å². The molecule has 0 saturated heterocycles. The molecule has 0 saturated carbocycles. The molecule has 1 amide bonds. The predicted molar refractivity (Wildman–Crippen MR) is 63.1 cm³/mol. The van der Waals surface area contributed by atoms with Crippen LogP contribution in [0.15, 0.2) is 23.7 Å². The highest BCUT2D eigenvalue weighted by Crippen LogP contribution is 2.18. The van der Waals surface area contributed by atoms with Gasteiger partial charge in [-0.25, -0.2) is 0 Å².